The second kappa shape index (κ2) is 5.09. The molecule has 17 heavy (non-hydrogen) atoms. The molecule has 1 aliphatic carbocycles. The molecule has 1 fully saturated rings. The van der Waals surface area contributed by atoms with E-state index in [0.717, 1.165) is 24.6 Å². The zero-order chi connectivity index (χ0) is 12.3. The van der Waals surface area contributed by atoms with Gasteiger partial charge in [-0.15, -0.1) is 0 Å². The quantitative estimate of drug-likeness (QED) is 0.815. The summed E-state index contributed by atoms with van der Waals surface area (Å²) in [5.74, 6) is 1.90. The van der Waals surface area contributed by atoms with Gasteiger partial charge in [-0.25, -0.2) is 0 Å². The third-order valence-corrected chi connectivity index (χ3v) is 3.93. The maximum Gasteiger partial charge on any atom is 0.122 e. The Balaban J connectivity index is 2.16. The van der Waals surface area contributed by atoms with Crippen LogP contribution in [-0.4, -0.2) is 20.7 Å². The van der Waals surface area contributed by atoms with Crippen molar-refractivity contribution in [1.29, 1.82) is 0 Å². The molecule has 1 aliphatic rings. The summed E-state index contributed by atoms with van der Waals surface area (Å²) in [6.07, 6.45) is 3.86. The van der Waals surface area contributed by atoms with Gasteiger partial charge >= 0.3 is 0 Å². The third kappa shape index (κ3) is 2.81. The lowest BCUT2D eigenvalue weighted by Gasteiger charge is -2.30. The van der Waals surface area contributed by atoms with Crippen LogP contribution in [0.4, 0.5) is 0 Å². The second-order valence-corrected chi connectivity index (χ2v) is 5.45. The predicted octanol–water partition coefficient (Wildman–Crippen LogP) is 2.87. The van der Waals surface area contributed by atoms with E-state index >= 15 is 0 Å². The summed E-state index contributed by atoms with van der Waals surface area (Å²) in [5, 5.41) is 3.35. The van der Waals surface area contributed by atoms with E-state index in [0.29, 0.717) is 5.41 Å². The maximum atomic E-state index is 5.45. The van der Waals surface area contributed by atoms with Crippen LogP contribution in [0.2, 0.25) is 0 Å². The Labute approximate surface area is 104 Å². The number of hydrogen-bond donors (Lipinski definition) is 1. The van der Waals surface area contributed by atoms with Gasteiger partial charge in [0.2, 0.25) is 0 Å². The van der Waals surface area contributed by atoms with Gasteiger partial charge < -0.3 is 10.1 Å². The molecule has 0 bridgehead atoms. The summed E-state index contributed by atoms with van der Waals surface area (Å²) in [4.78, 5) is 0. The molecule has 0 heterocycles. The Morgan fingerprint density at radius 3 is 2.65 bits per heavy atom. The average molecular weight is 233 g/mol. The molecule has 1 unspecified atom stereocenters. The van der Waals surface area contributed by atoms with E-state index in [1.807, 2.05) is 13.1 Å². The van der Waals surface area contributed by atoms with Crippen LogP contribution >= 0.6 is 0 Å². The van der Waals surface area contributed by atoms with Gasteiger partial charge in [-0.2, -0.15) is 0 Å². The molecule has 0 aliphatic heterocycles. The summed E-state index contributed by atoms with van der Waals surface area (Å²) in [6, 6.07) is 8.39. The van der Waals surface area contributed by atoms with Gasteiger partial charge in [0.1, 0.15) is 5.75 Å². The molecule has 0 saturated heterocycles. The monoisotopic (exact) mass is 233 g/mol. The number of rotatable bonds is 6. The molecule has 0 spiro atoms. The molecule has 0 amide bonds. The number of para-hydroxylation sites is 1. The highest BCUT2D eigenvalue weighted by molar-refractivity contribution is 5.34. The normalized spacial score (nSPS) is 18.8. The smallest absolute Gasteiger partial charge is 0.122 e. The lowest BCUT2D eigenvalue weighted by atomic mass is 9.78. The van der Waals surface area contributed by atoms with E-state index in [-0.39, 0.29) is 0 Å². The Morgan fingerprint density at radius 1 is 1.35 bits per heavy atom. The first-order valence-electron chi connectivity index (χ1n) is 6.46. The van der Waals surface area contributed by atoms with Crippen LogP contribution in [0.15, 0.2) is 24.3 Å². The molecule has 2 nitrogen and oxygen atoms in total. The maximum absolute atomic E-state index is 5.45. The van der Waals surface area contributed by atoms with Crippen molar-refractivity contribution in [3.63, 3.8) is 0 Å². The minimum absolute atomic E-state index is 0.364. The van der Waals surface area contributed by atoms with Crippen molar-refractivity contribution in [3.05, 3.63) is 29.8 Å². The van der Waals surface area contributed by atoms with Crippen molar-refractivity contribution in [2.75, 3.05) is 20.7 Å². The van der Waals surface area contributed by atoms with Crippen molar-refractivity contribution in [1.82, 2.24) is 5.32 Å². The van der Waals surface area contributed by atoms with Crippen molar-refractivity contribution < 1.29 is 4.74 Å². The molecule has 1 aromatic rings. The lowest BCUT2D eigenvalue weighted by Crippen LogP contribution is -2.34. The predicted molar refractivity (Wildman–Crippen MR) is 71.5 cm³/mol. The summed E-state index contributed by atoms with van der Waals surface area (Å²) in [5.41, 5.74) is 1.70. The van der Waals surface area contributed by atoms with E-state index in [2.05, 4.69) is 30.4 Å². The summed E-state index contributed by atoms with van der Waals surface area (Å²) in [7, 11) is 3.80. The second-order valence-electron chi connectivity index (χ2n) is 5.45. The average Bonchev–Trinajstić information content (AvgIpc) is 3.14. The highest BCUT2D eigenvalue weighted by Crippen LogP contribution is 2.47. The first kappa shape index (κ1) is 12.4. The van der Waals surface area contributed by atoms with Gasteiger partial charge in [-0.3, -0.25) is 0 Å². The molecule has 0 aromatic heterocycles. The first-order valence-corrected chi connectivity index (χ1v) is 6.46. The fourth-order valence-corrected chi connectivity index (χ4v) is 2.82. The van der Waals surface area contributed by atoms with Gasteiger partial charge in [0, 0.05) is 6.54 Å². The van der Waals surface area contributed by atoms with Crippen molar-refractivity contribution >= 4 is 0 Å². The molecular weight excluding hydrogens is 210 g/mol. The van der Waals surface area contributed by atoms with Gasteiger partial charge in [0.25, 0.3) is 0 Å². The standard InChI is InChI=1S/C15H23NO/c1-15(11-16-2,13-8-9-13)10-12-6-4-5-7-14(12)17-3/h4-7,13,16H,8-11H2,1-3H3. The highest BCUT2D eigenvalue weighted by atomic mass is 16.5. The minimum Gasteiger partial charge on any atom is -0.496 e. The van der Waals surface area contributed by atoms with E-state index in [1.165, 1.54) is 18.4 Å². The topological polar surface area (TPSA) is 21.3 Å². The molecule has 1 aromatic carbocycles. The number of methoxy groups -OCH3 is 1. The lowest BCUT2D eigenvalue weighted by molar-refractivity contribution is 0.259. The van der Waals surface area contributed by atoms with Crippen LogP contribution in [0.3, 0.4) is 0 Å². The Bertz CT molecular complexity index is 373. The molecule has 1 atom stereocenters. The third-order valence-electron chi connectivity index (χ3n) is 3.93. The fourth-order valence-electron chi connectivity index (χ4n) is 2.82. The summed E-state index contributed by atoms with van der Waals surface area (Å²) < 4.78 is 5.45. The first-order chi connectivity index (χ1) is 8.19. The number of benzene rings is 1. The zero-order valence-electron chi connectivity index (χ0n) is 11.1. The number of hydrogen-bond acceptors (Lipinski definition) is 2. The molecule has 1 saturated carbocycles. The van der Waals surface area contributed by atoms with Crippen molar-refractivity contribution in [2.24, 2.45) is 11.3 Å². The van der Waals surface area contributed by atoms with Crippen molar-refractivity contribution in [2.45, 2.75) is 26.2 Å². The fraction of sp³-hybridized carbons (Fsp3) is 0.600. The summed E-state index contributed by atoms with van der Waals surface area (Å²) >= 11 is 0. The molecule has 0 radical (unpaired) electrons. The van der Waals surface area contributed by atoms with Crippen LogP contribution in [0, 0.1) is 11.3 Å². The van der Waals surface area contributed by atoms with Crippen LogP contribution in [0.5, 0.6) is 5.75 Å². The SMILES string of the molecule is CNCC(C)(Cc1ccccc1OC)C1CC1. The Kier molecular flexibility index (Phi) is 3.72. The van der Waals surface area contributed by atoms with Crippen LogP contribution in [-0.2, 0) is 6.42 Å². The molecule has 2 heteroatoms. The van der Waals surface area contributed by atoms with E-state index < -0.39 is 0 Å². The van der Waals surface area contributed by atoms with Gasteiger partial charge in [-0.1, -0.05) is 25.1 Å². The Morgan fingerprint density at radius 2 is 2.06 bits per heavy atom. The van der Waals surface area contributed by atoms with Crippen LogP contribution < -0.4 is 10.1 Å². The van der Waals surface area contributed by atoms with Crippen LogP contribution in [0.1, 0.15) is 25.3 Å². The van der Waals surface area contributed by atoms with Gasteiger partial charge in [0.05, 0.1) is 7.11 Å². The zero-order valence-corrected chi connectivity index (χ0v) is 11.1. The van der Waals surface area contributed by atoms with Gasteiger partial charge in [-0.05, 0) is 49.3 Å². The largest absolute Gasteiger partial charge is 0.496 e. The van der Waals surface area contributed by atoms with Crippen LogP contribution in [0.25, 0.3) is 0 Å². The van der Waals surface area contributed by atoms with Crippen molar-refractivity contribution in [3.8, 4) is 5.75 Å². The minimum atomic E-state index is 0.364. The highest BCUT2D eigenvalue weighted by Gasteiger charge is 2.41. The Hall–Kier alpha value is -1.02. The number of nitrogens with one attached hydrogen (secondary N) is 1. The number of ether oxygens (including phenoxy) is 1. The summed E-state index contributed by atoms with van der Waals surface area (Å²) in [6.45, 7) is 3.48. The van der Waals surface area contributed by atoms with E-state index in [9.17, 15) is 0 Å². The molecule has 1 N–H and O–H groups in total. The van der Waals surface area contributed by atoms with Gasteiger partial charge in [0.15, 0.2) is 0 Å². The molecule has 2 rings (SSSR count). The molecule has 94 valence electrons. The van der Waals surface area contributed by atoms with E-state index in [1.54, 1.807) is 7.11 Å². The van der Waals surface area contributed by atoms with E-state index in [4.69, 9.17) is 4.74 Å². The molecular formula is C15H23NO.